The van der Waals surface area contributed by atoms with Crippen LogP contribution in [0.3, 0.4) is 0 Å². The zero-order chi connectivity index (χ0) is 16.7. The molecule has 0 spiro atoms. The molecule has 4 rings (SSSR count). The zero-order valence-corrected chi connectivity index (χ0v) is 15.2. The number of halogens is 1. The number of thiophene rings is 1. The molecule has 0 fully saturated rings. The van der Waals surface area contributed by atoms with Crippen molar-refractivity contribution in [1.29, 1.82) is 0 Å². The van der Waals surface area contributed by atoms with Crippen LogP contribution in [0.2, 0.25) is 5.02 Å². The van der Waals surface area contributed by atoms with E-state index in [4.69, 9.17) is 16.6 Å². The lowest BCUT2D eigenvalue weighted by molar-refractivity contribution is 0.111. The molecular formula is C18H13ClN2OS2. The quantitative estimate of drug-likeness (QED) is 0.423. The van der Waals surface area contributed by atoms with Crippen LogP contribution in [-0.2, 0) is 6.42 Å². The Balaban J connectivity index is 2.04. The van der Waals surface area contributed by atoms with E-state index in [9.17, 15) is 4.79 Å². The van der Waals surface area contributed by atoms with E-state index in [-0.39, 0.29) is 0 Å². The molecule has 1 aromatic carbocycles. The molecule has 0 bridgehead atoms. The molecule has 3 aromatic heterocycles. The Hall–Kier alpha value is -1.95. The van der Waals surface area contributed by atoms with Crippen molar-refractivity contribution < 1.29 is 4.79 Å². The number of fused-ring (bicyclic) bond motifs is 1. The van der Waals surface area contributed by atoms with Gasteiger partial charge in [0.15, 0.2) is 11.2 Å². The molecule has 0 saturated carbocycles. The first-order chi connectivity index (χ1) is 11.7. The third kappa shape index (κ3) is 2.40. The minimum atomic E-state index is 0.605. The molecule has 4 aromatic rings. The molecule has 0 atom stereocenters. The number of carbonyl (C=O) groups is 1. The van der Waals surface area contributed by atoms with Crippen molar-refractivity contribution in [3.63, 3.8) is 0 Å². The first-order valence-corrected chi connectivity index (χ1v) is 9.59. The van der Waals surface area contributed by atoms with Gasteiger partial charge in [-0.1, -0.05) is 36.7 Å². The Bertz CT molecular complexity index is 1010. The maximum Gasteiger partial charge on any atom is 0.195 e. The Labute approximate surface area is 152 Å². The summed E-state index contributed by atoms with van der Waals surface area (Å²) in [5, 5.41) is 2.69. The van der Waals surface area contributed by atoms with E-state index in [0.29, 0.717) is 10.7 Å². The molecule has 0 aliphatic heterocycles. The number of aromatic nitrogens is 2. The highest BCUT2D eigenvalue weighted by Crippen LogP contribution is 2.37. The molecule has 0 radical (unpaired) electrons. The number of carbonyl (C=O) groups excluding carboxylic acids is 1. The van der Waals surface area contributed by atoms with E-state index in [2.05, 4.69) is 6.92 Å². The van der Waals surface area contributed by atoms with Gasteiger partial charge in [-0.3, -0.25) is 9.20 Å². The van der Waals surface area contributed by atoms with Crippen LogP contribution >= 0.6 is 34.3 Å². The summed E-state index contributed by atoms with van der Waals surface area (Å²) in [5.41, 5.74) is 3.43. The average Bonchev–Trinajstić information content (AvgIpc) is 3.29. The van der Waals surface area contributed by atoms with Crippen molar-refractivity contribution in [2.75, 3.05) is 0 Å². The lowest BCUT2D eigenvalue weighted by Crippen LogP contribution is -1.95. The summed E-state index contributed by atoms with van der Waals surface area (Å²) in [4.78, 5) is 19.7. The summed E-state index contributed by atoms with van der Waals surface area (Å²) in [6.45, 7) is 2.12. The molecule has 6 heteroatoms. The molecule has 0 aliphatic carbocycles. The summed E-state index contributed by atoms with van der Waals surface area (Å²) in [6.07, 6.45) is 1.79. The van der Waals surface area contributed by atoms with Crippen molar-refractivity contribution >= 4 is 45.5 Å². The summed E-state index contributed by atoms with van der Waals surface area (Å²) in [6, 6.07) is 11.7. The van der Waals surface area contributed by atoms with Crippen molar-refractivity contribution in [1.82, 2.24) is 9.38 Å². The highest BCUT2D eigenvalue weighted by atomic mass is 35.5. The van der Waals surface area contributed by atoms with Gasteiger partial charge in [0, 0.05) is 9.90 Å². The van der Waals surface area contributed by atoms with E-state index in [1.54, 1.807) is 22.7 Å². The predicted molar refractivity (Wildman–Crippen MR) is 102 cm³/mol. The van der Waals surface area contributed by atoms with Crippen molar-refractivity contribution in [3.8, 4) is 21.8 Å². The topological polar surface area (TPSA) is 34.4 Å². The summed E-state index contributed by atoms with van der Waals surface area (Å²) >= 11 is 9.25. The van der Waals surface area contributed by atoms with Crippen LogP contribution in [0.15, 0.2) is 41.8 Å². The Morgan fingerprint density at radius 1 is 1.25 bits per heavy atom. The third-order valence-electron chi connectivity index (χ3n) is 3.89. The maximum atomic E-state index is 11.9. The fraction of sp³-hybridized carbons (Fsp3) is 0.111. The fourth-order valence-electron chi connectivity index (χ4n) is 2.82. The largest absolute Gasteiger partial charge is 0.296 e. The van der Waals surface area contributed by atoms with E-state index >= 15 is 0 Å². The van der Waals surface area contributed by atoms with Gasteiger partial charge < -0.3 is 0 Å². The van der Waals surface area contributed by atoms with Crippen LogP contribution in [-0.4, -0.2) is 15.7 Å². The molecule has 0 amide bonds. The number of hydrogen-bond donors (Lipinski definition) is 0. The Morgan fingerprint density at radius 3 is 2.67 bits per heavy atom. The second-order valence-corrected chi connectivity index (χ2v) is 7.74. The Morgan fingerprint density at radius 2 is 2.04 bits per heavy atom. The standard InChI is InChI=1S/C18H13ClN2OS2/c1-2-14-17(11-5-7-12(19)8-6-11)21-13(10-22)16(20-18(21)24-14)15-4-3-9-23-15/h3-10H,2H2,1H3. The second kappa shape index (κ2) is 6.16. The normalized spacial score (nSPS) is 11.2. The van der Waals surface area contributed by atoms with Crippen LogP contribution < -0.4 is 0 Å². The molecular weight excluding hydrogens is 360 g/mol. The number of aryl methyl sites for hydroxylation is 1. The van der Waals surface area contributed by atoms with Crippen LogP contribution in [0.4, 0.5) is 0 Å². The minimum Gasteiger partial charge on any atom is -0.296 e. The molecule has 0 saturated heterocycles. The van der Waals surface area contributed by atoms with Crippen molar-refractivity contribution in [2.24, 2.45) is 0 Å². The fourth-order valence-corrected chi connectivity index (χ4v) is 4.76. The minimum absolute atomic E-state index is 0.605. The van der Waals surface area contributed by atoms with E-state index in [1.807, 2.05) is 46.2 Å². The molecule has 24 heavy (non-hydrogen) atoms. The predicted octanol–water partition coefficient (Wildman–Crippen LogP) is 5.82. The number of rotatable bonds is 4. The van der Waals surface area contributed by atoms with Gasteiger partial charge in [0.25, 0.3) is 0 Å². The summed E-state index contributed by atoms with van der Waals surface area (Å²) in [7, 11) is 0. The van der Waals surface area contributed by atoms with Gasteiger partial charge >= 0.3 is 0 Å². The van der Waals surface area contributed by atoms with Gasteiger partial charge in [-0.15, -0.1) is 22.7 Å². The molecule has 0 unspecified atom stereocenters. The highest BCUT2D eigenvalue weighted by molar-refractivity contribution is 7.17. The van der Waals surface area contributed by atoms with Crippen LogP contribution in [0, 0.1) is 0 Å². The number of benzene rings is 1. The molecule has 3 nitrogen and oxygen atoms in total. The van der Waals surface area contributed by atoms with Gasteiger partial charge in [0.1, 0.15) is 11.4 Å². The number of thiazole rings is 1. The van der Waals surface area contributed by atoms with Gasteiger partial charge in [-0.05, 0) is 35.6 Å². The van der Waals surface area contributed by atoms with Gasteiger partial charge in [0.2, 0.25) is 0 Å². The van der Waals surface area contributed by atoms with Gasteiger partial charge in [0.05, 0.1) is 10.6 Å². The second-order valence-electron chi connectivity index (χ2n) is 5.29. The lowest BCUT2D eigenvalue weighted by Gasteiger charge is -2.05. The summed E-state index contributed by atoms with van der Waals surface area (Å²) in [5.74, 6) is 0. The lowest BCUT2D eigenvalue weighted by atomic mass is 10.1. The van der Waals surface area contributed by atoms with Crippen molar-refractivity contribution in [2.45, 2.75) is 13.3 Å². The first-order valence-electron chi connectivity index (χ1n) is 7.52. The number of imidazole rings is 1. The van der Waals surface area contributed by atoms with Crippen LogP contribution in [0.1, 0.15) is 22.3 Å². The maximum absolute atomic E-state index is 11.9. The van der Waals surface area contributed by atoms with E-state index in [0.717, 1.165) is 39.5 Å². The van der Waals surface area contributed by atoms with Crippen molar-refractivity contribution in [3.05, 3.63) is 57.4 Å². The van der Waals surface area contributed by atoms with Gasteiger partial charge in [-0.2, -0.15) is 0 Å². The summed E-state index contributed by atoms with van der Waals surface area (Å²) < 4.78 is 1.98. The monoisotopic (exact) mass is 372 g/mol. The number of hydrogen-bond acceptors (Lipinski definition) is 4. The van der Waals surface area contributed by atoms with E-state index in [1.165, 1.54) is 4.88 Å². The third-order valence-corrected chi connectivity index (χ3v) is 6.20. The highest BCUT2D eigenvalue weighted by Gasteiger charge is 2.22. The number of nitrogens with zero attached hydrogens (tertiary/aromatic N) is 2. The molecule has 120 valence electrons. The number of aldehydes is 1. The van der Waals surface area contributed by atoms with Crippen LogP contribution in [0.25, 0.3) is 26.8 Å². The molecule has 3 heterocycles. The molecule has 0 N–H and O–H groups in total. The zero-order valence-electron chi connectivity index (χ0n) is 12.8. The Kier molecular flexibility index (Phi) is 4.00. The smallest absolute Gasteiger partial charge is 0.195 e. The van der Waals surface area contributed by atoms with E-state index < -0.39 is 0 Å². The molecule has 0 aliphatic rings. The average molecular weight is 373 g/mol. The van der Waals surface area contributed by atoms with Crippen LogP contribution in [0.5, 0.6) is 0 Å². The van der Waals surface area contributed by atoms with Gasteiger partial charge in [-0.25, -0.2) is 4.98 Å². The first kappa shape index (κ1) is 15.6. The SMILES string of the molecule is CCc1sc2nc(-c3cccs3)c(C=O)n2c1-c1ccc(Cl)cc1.